The van der Waals surface area contributed by atoms with Crippen molar-refractivity contribution in [2.75, 3.05) is 0 Å². The van der Waals surface area contributed by atoms with Crippen molar-refractivity contribution in [2.24, 2.45) is 5.92 Å². The van der Waals surface area contributed by atoms with Crippen LogP contribution in [-0.4, -0.2) is 33.0 Å². The Kier molecular flexibility index (Phi) is 4.83. The number of aromatic amines is 1. The summed E-state index contributed by atoms with van der Waals surface area (Å²) >= 11 is 0. The lowest BCUT2D eigenvalue weighted by Gasteiger charge is -2.25. The zero-order valence-corrected chi connectivity index (χ0v) is 13.8. The van der Waals surface area contributed by atoms with Gasteiger partial charge in [0.15, 0.2) is 0 Å². The number of fused-ring (bicyclic) bond motifs is 1. The third-order valence-corrected chi connectivity index (χ3v) is 4.76. The zero-order chi connectivity index (χ0) is 17.1. The lowest BCUT2D eigenvalue weighted by molar-refractivity contribution is -0.139. The van der Waals surface area contributed by atoms with Crippen LogP contribution in [0.3, 0.4) is 0 Å². The van der Waals surface area contributed by atoms with Crippen molar-refractivity contribution >= 4 is 22.9 Å². The first kappa shape index (κ1) is 16.5. The van der Waals surface area contributed by atoms with Crippen molar-refractivity contribution in [1.29, 1.82) is 0 Å². The second-order valence-electron chi connectivity index (χ2n) is 6.66. The molecule has 1 unspecified atom stereocenters. The molecule has 3 N–H and O–H groups in total. The summed E-state index contributed by atoms with van der Waals surface area (Å²) in [4.78, 5) is 31.4. The smallest absolute Gasteiger partial charge is 0.326 e. The molecule has 2 aromatic rings. The minimum atomic E-state index is -0.965. The Balaban J connectivity index is 1.70. The summed E-state index contributed by atoms with van der Waals surface area (Å²) in [5.74, 6) is -0.152. The maximum Gasteiger partial charge on any atom is 0.326 e. The highest BCUT2D eigenvalue weighted by molar-refractivity contribution is 5.99. The van der Waals surface area contributed by atoms with Crippen molar-refractivity contribution < 1.29 is 14.7 Å². The first-order valence-electron chi connectivity index (χ1n) is 8.53. The van der Waals surface area contributed by atoms with Gasteiger partial charge in [0.05, 0.1) is 11.0 Å². The van der Waals surface area contributed by atoms with Gasteiger partial charge in [-0.05, 0) is 37.5 Å². The SMILES string of the molecule is Cc1nc2ccc(C(=O)NC(CC3CCCCC3)C(=O)O)cc2[nH]1. The number of hydrogen-bond acceptors (Lipinski definition) is 3. The zero-order valence-electron chi connectivity index (χ0n) is 13.8. The summed E-state index contributed by atoms with van der Waals surface area (Å²) in [6.07, 6.45) is 6.15. The van der Waals surface area contributed by atoms with Crippen LogP contribution in [-0.2, 0) is 4.79 Å². The van der Waals surface area contributed by atoms with Crippen LogP contribution in [0, 0.1) is 12.8 Å². The molecule has 1 aromatic heterocycles. The summed E-state index contributed by atoms with van der Waals surface area (Å²) in [6, 6.07) is 4.33. The monoisotopic (exact) mass is 329 g/mol. The van der Waals surface area contributed by atoms with Gasteiger partial charge in [-0.15, -0.1) is 0 Å². The molecule has 128 valence electrons. The van der Waals surface area contributed by atoms with Crippen molar-refractivity contribution in [3.63, 3.8) is 0 Å². The maximum absolute atomic E-state index is 12.4. The van der Waals surface area contributed by atoms with Gasteiger partial charge >= 0.3 is 5.97 Å². The van der Waals surface area contributed by atoms with Gasteiger partial charge in [0.2, 0.25) is 0 Å². The Morgan fingerprint density at radius 1 is 1.33 bits per heavy atom. The molecule has 1 atom stereocenters. The largest absolute Gasteiger partial charge is 0.480 e. The average Bonchev–Trinajstić information content (AvgIpc) is 2.94. The quantitative estimate of drug-likeness (QED) is 0.786. The number of carboxylic acid groups (broad SMARTS) is 1. The molecule has 24 heavy (non-hydrogen) atoms. The molecule has 3 rings (SSSR count). The van der Waals surface area contributed by atoms with Crippen LogP contribution < -0.4 is 5.32 Å². The van der Waals surface area contributed by atoms with E-state index in [1.165, 1.54) is 6.42 Å². The molecule has 1 aliphatic carbocycles. The molecule has 0 bridgehead atoms. The average molecular weight is 329 g/mol. The Hall–Kier alpha value is -2.37. The van der Waals surface area contributed by atoms with Crippen LogP contribution in [0.25, 0.3) is 11.0 Å². The van der Waals surface area contributed by atoms with Gasteiger partial charge in [-0.1, -0.05) is 32.1 Å². The van der Waals surface area contributed by atoms with Crippen molar-refractivity contribution in [3.05, 3.63) is 29.6 Å². The highest BCUT2D eigenvalue weighted by Crippen LogP contribution is 2.27. The second-order valence-corrected chi connectivity index (χ2v) is 6.66. The van der Waals surface area contributed by atoms with Crippen molar-refractivity contribution in [1.82, 2.24) is 15.3 Å². The summed E-state index contributed by atoms with van der Waals surface area (Å²) in [6.45, 7) is 1.85. The standard InChI is InChI=1S/C18H23N3O3/c1-11-19-14-8-7-13(10-15(14)20-11)17(22)21-16(18(23)24)9-12-5-3-2-4-6-12/h7-8,10,12,16H,2-6,9H2,1H3,(H,19,20)(H,21,22)(H,23,24). The van der Waals surface area contributed by atoms with E-state index in [0.717, 1.165) is 42.5 Å². The van der Waals surface area contributed by atoms with Gasteiger partial charge in [-0.25, -0.2) is 9.78 Å². The number of aromatic nitrogens is 2. The number of aryl methyl sites for hydroxylation is 1. The third kappa shape index (κ3) is 3.75. The minimum Gasteiger partial charge on any atom is -0.480 e. The second kappa shape index (κ2) is 7.03. The van der Waals surface area contributed by atoms with Gasteiger partial charge in [-0.3, -0.25) is 4.79 Å². The Morgan fingerprint density at radius 2 is 2.08 bits per heavy atom. The molecule has 1 aliphatic rings. The summed E-state index contributed by atoms with van der Waals surface area (Å²) in [7, 11) is 0. The molecular weight excluding hydrogens is 306 g/mol. The number of aliphatic carboxylic acids is 1. The van der Waals surface area contributed by atoms with Gasteiger partial charge in [0.1, 0.15) is 11.9 Å². The Labute approximate surface area is 140 Å². The van der Waals surface area contributed by atoms with Crippen molar-refractivity contribution in [2.45, 2.75) is 51.5 Å². The van der Waals surface area contributed by atoms with Crippen LogP contribution in [0.5, 0.6) is 0 Å². The predicted octanol–water partition coefficient (Wildman–Crippen LogP) is 3.02. The van der Waals surface area contributed by atoms with Crippen LogP contribution in [0.1, 0.15) is 54.7 Å². The molecule has 1 saturated carbocycles. The van der Waals surface area contributed by atoms with Crippen LogP contribution in [0.15, 0.2) is 18.2 Å². The number of nitrogens with one attached hydrogen (secondary N) is 2. The number of carbonyl (C=O) groups is 2. The van der Waals surface area contributed by atoms with Gasteiger partial charge < -0.3 is 15.4 Å². The number of carbonyl (C=O) groups excluding carboxylic acids is 1. The summed E-state index contributed by atoms with van der Waals surface area (Å²) < 4.78 is 0. The van der Waals surface area contributed by atoms with E-state index in [9.17, 15) is 14.7 Å². The molecule has 6 nitrogen and oxygen atoms in total. The van der Waals surface area contributed by atoms with E-state index in [1.807, 2.05) is 6.92 Å². The third-order valence-electron chi connectivity index (χ3n) is 4.76. The van der Waals surface area contributed by atoms with Gasteiger partial charge in [0.25, 0.3) is 5.91 Å². The lowest BCUT2D eigenvalue weighted by atomic mass is 9.85. The normalized spacial score (nSPS) is 16.9. The molecule has 1 fully saturated rings. The molecule has 0 saturated heterocycles. The topological polar surface area (TPSA) is 95.1 Å². The minimum absolute atomic E-state index is 0.354. The number of carboxylic acids is 1. The fourth-order valence-electron chi connectivity index (χ4n) is 3.50. The summed E-state index contributed by atoms with van der Waals surface area (Å²) in [5.41, 5.74) is 2.02. The molecule has 1 aromatic carbocycles. The first-order valence-corrected chi connectivity index (χ1v) is 8.53. The molecule has 0 aliphatic heterocycles. The van der Waals surface area contributed by atoms with Gasteiger partial charge in [0, 0.05) is 5.56 Å². The molecule has 6 heteroatoms. The molecular formula is C18H23N3O3. The number of benzene rings is 1. The lowest BCUT2D eigenvalue weighted by Crippen LogP contribution is -2.42. The van der Waals surface area contributed by atoms with Crippen molar-refractivity contribution in [3.8, 4) is 0 Å². The fraction of sp³-hybridized carbons (Fsp3) is 0.500. The van der Waals surface area contributed by atoms with E-state index in [2.05, 4.69) is 15.3 Å². The van der Waals surface area contributed by atoms with Crippen LogP contribution in [0.2, 0.25) is 0 Å². The molecule has 0 radical (unpaired) electrons. The number of amides is 1. The van der Waals surface area contributed by atoms with Gasteiger partial charge in [-0.2, -0.15) is 0 Å². The maximum atomic E-state index is 12.4. The number of hydrogen-bond donors (Lipinski definition) is 3. The fourth-order valence-corrected chi connectivity index (χ4v) is 3.50. The predicted molar refractivity (Wildman–Crippen MR) is 90.9 cm³/mol. The number of rotatable bonds is 5. The van der Waals surface area contributed by atoms with E-state index < -0.39 is 12.0 Å². The number of nitrogens with zero attached hydrogens (tertiary/aromatic N) is 1. The van der Waals surface area contributed by atoms with Crippen LogP contribution in [0.4, 0.5) is 0 Å². The molecule has 1 amide bonds. The Morgan fingerprint density at radius 3 is 2.79 bits per heavy atom. The first-order chi connectivity index (χ1) is 11.5. The van der Waals surface area contributed by atoms with E-state index >= 15 is 0 Å². The molecule has 0 spiro atoms. The molecule has 1 heterocycles. The number of imidazole rings is 1. The van der Waals surface area contributed by atoms with Crippen LogP contribution >= 0.6 is 0 Å². The highest BCUT2D eigenvalue weighted by Gasteiger charge is 2.26. The van der Waals surface area contributed by atoms with E-state index in [-0.39, 0.29) is 5.91 Å². The summed E-state index contributed by atoms with van der Waals surface area (Å²) in [5, 5.41) is 12.1. The number of H-pyrrole nitrogens is 1. The Bertz CT molecular complexity index is 747. The highest BCUT2D eigenvalue weighted by atomic mass is 16.4. The van der Waals surface area contributed by atoms with E-state index in [1.54, 1.807) is 18.2 Å². The van der Waals surface area contributed by atoms with E-state index in [4.69, 9.17) is 0 Å². The van der Waals surface area contributed by atoms with E-state index in [0.29, 0.717) is 17.9 Å².